The lowest BCUT2D eigenvalue weighted by Gasteiger charge is -2.26. The zero-order valence-electron chi connectivity index (χ0n) is 14.1. The molecule has 0 saturated heterocycles. The minimum atomic E-state index is -0.819. The largest absolute Gasteiger partial charge is 0.386 e. The van der Waals surface area contributed by atoms with E-state index >= 15 is 0 Å². The third-order valence-corrected chi connectivity index (χ3v) is 3.86. The topological polar surface area (TPSA) is 79.2 Å². The van der Waals surface area contributed by atoms with Crippen LogP contribution in [-0.2, 0) is 12.5 Å². The summed E-state index contributed by atoms with van der Waals surface area (Å²) < 4.78 is 14.9. The van der Waals surface area contributed by atoms with Crippen LogP contribution in [0.2, 0.25) is 0 Å². The molecule has 0 radical (unpaired) electrons. The van der Waals surface area contributed by atoms with Gasteiger partial charge in [0.2, 0.25) is 0 Å². The molecular weight excluding hydrogens is 311 g/mol. The summed E-state index contributed by atoms with van der Waals surface area (Å²) in [6.45, 7) is 4.27. The van der Waals surface area contributed by atoms with Crippen molar-refractivity contribution in [2.45, 2.75) is 25.4 Å². The molecular formula is C17H23FN4O2. The van der Waals surface area contributed by atoms with Gasteiger partial charge in [-0.1, -0.05) is 26.0 Å². The van der Waals surface area contributed by atoms with Gasteiger partial charge in [-0.15, -0.1) is 0 Å². The summed E-state index contributed by atoms with van der Waals surface area (Å²) in [4.78, 5) is 11.9. The molecule has 0 aliphatic heterocycles. The number of nitrogens with zero attached hydrogens (tertiary/aromatic N) is 2. The van der Waals surface area contributed by atoms with E-state index in [9.17, 15) is 14.3 Å². The third kappa shape index (κ3) is 4.79. The van der Waals surface area contributed by atoms with Crippen LogP contribution in [0.1, 0.15) is 31.1 Å². The normalized spacial score (nSPS) is 12.7. The Morgan fingerprint density at radius 3 is 2.79 bits per heavy atom. The van der Waals surface area contributed by atoms with Crippen LogP contribution in [0.4, 0.5) is 9.18 Å². The first-order chi connectivity index (χ1) is 11.3. The maximum Gasteiger partial charge on any atom is 0.314 e. The minimum absolute atomic E-state index is 0.0813. The lowest BCUT2D eigenvalue weighted by atomic mass is 9.84. The first-order valence-corrected chi connectivity index (χ1v) is 7.72. The molecule has 0 saturated carbocycles. The third-order valence-electron chi connectivity index (χ3n) is 3.86. The smallest absolute Gasteiger partial charge is 0.314 e. The number of aliphatic hydroxyl groups excluding tert-OH is 1. The number of aromatic nitrogens is 2. The maximum absolute atomic E-state index is 13.3. The van der Waals surface area contributed by atoms with Gasteiger partial charge in [-0.2, -0.15) is 5.10 Å². The van der Waals surface area contributed by atoms with E-state index in [4.69, 9.17) is 0 Å². The van der Waals surface area contributed by atoms with Crippen molar-refractivity contribution in [3.63, 3.8) is 0 Å². The van der Waals surface area contributed by atoms with Gasteiger partial charge >= 0.3 is 6.03 Å². The van der Waals surface area contributed by atoms with Gasteiger partial charge in [0.15, 0.2) is 0 Å². The lowest BCUT2D eigenvalue weighted by molar-refractivity contribution is 0.172. The number of hydrogen-bond acceptors (Lipinski definition) is 3. The van der Waals surface area contributed by atoms with Crippen LogP contribution < -0.4 is 10.6 Å². The summed E-state index contributed by atoms with van der Waals surface area (Å²) >= 11 is 0. The van der Waals surface area contributed by atoms with Gasteiger partial charge < -0.3 is 15.7 Å². The second kappa shape index (κ2) is 7.44. The van der Waals surface area contributed by atoms with Crippen LogP contribution in [0.5, 0.6) is 0 Å². The van der Waals surface area contributed by atoms with E-state index < -0.39 is 11.5 Å². The molecule has 0 spiro atoms. The fourth-order valence-corrected chi connectivity index (χ4v) is 2.29. The number of amides is 2. The van der Waals surface area contributed by atoms with Crippen molar-refractivity contribution in [2.24, 2.45) is 7.05 Å². The number of benzene rings is 1. The Kier molecular flexibility index (Phi) is 5.56. The Balaban J connectivity index is 1.82. The lowest BCUT2D eigenvalue weighted by Crippen LogP contribution is -2.43. The van der Waals surface area contributed by atoms with Crippen molar-refractivity contribution in [1.82, 2.24) is 20.4 Å². The van der Waals surface area contributed by atoms with Crippen molar-refractivity contribution < 1.29 is 14.3 Å². The number of halogens is 1. The maximum atomic E-state index is 13.3. The van der Waals surface area contributed by atoms with Gasteiger partial charge in [0, 0.05) is 37.3 Å². The van der Waals surface area contributed by atoms with Crippen LogP contribution in [0.25, 0.3) is 0 Å². The summed E-state index contributed by atoms with van der Waals surface area (Å²) in [6.07, 6.45) is 2.43. The van der Waals surface area contributed by atoms with Gasteiger partial charge in [-0.05, 0) is 17.7 Å². The van der Waals surface area contributed by atoms with Gasteiger partial charge in [0.05, 0.1) is 12.3 Å². The molecule has 7 heteroatoms. The van der Waals surface area contributed by atoms with Crippen molar-refractivity contribution in [3.8, 4) is 0 Å². The van der Waals surface area contributed by atoms with E-state index in [-0.39, 0.29) is 18.4 Å². The molecule has 2 aromatic rings. The molecule has 1 aromatic carbocycles. The van der Waals surface area contributed by atoms with Crippen molar-refractivity contribution >= 4 is 6.03 Å². The van der Waals surface area contributed by atoms with Gasteiger partial charge in [0.1, 0.15) is 5.82 Å². The fraction of sp³-hybridized carbons (Fsp3) is 0.412. The molecule has 0 aliphatic carbocycles. The molecule has 1 atom stereocenters. The van der Waals surface area contributed by atoms with Gasteiger partial charge in [0.25, 0.3) is 0 Å². The molecule has 2 amide bonds. The quantitative estimate of drug-likeness (QED) is 0.754. The molecule has 1 heterocycles. The predicted molar refractivity (Wildman–Crippen MR) is 89.0 cm³/mol. The highest BCUT2D eigenvalue weighted by Gasteiger charge is 2.22. The molecule has 0 unspecified atom stereocenters. The summed E-state index contributed by atoms with van der Waals surface area (Å²) in [5, 5.41) is 19.3. The number of aliphatic hydroxyl groups is 1. The second-order valence-electron chi connectivity index (χ2n) is 6.42. The highest BCUT2D eigenvalue weighted by atomic mass is 19.1. The predicted octanol–water partition coefficient (Wildman–Crippen LogP) is 1.87. The van der Waals surface area contributed by atoms with Gasteiger partial charge in [-0.25, -0.2) is 9.18 Å². The molecule has 1 aromatic heterocycles. The van der Waals surface area contributed by atoms with E-state index in [1.54, 1.807) is 30.2 Å². The molecule has 0 bridgehead atoms. The average molecular weight is 334 g/mol. The number of carbonyl (C=O) groups excluding carboxylic acids is 1. The monoisotopic (exact) mass is 334 g/mol. The second-order valence-corrected chi connectivity index (χ2v) is 6.42. The molecule has 0 fully saturated rings. The Bertz CT molecular complexity index is 699. The molecule has 130 valence electrons. The Labute approximate surface area is 140 Å². The standard InChI is InChI=1S/C17H23FN4O2/c1-17(2,13-5-4-6-14(18)7-13)11-20-16(24)19-9-15(23)12-8-21-22(3)10-12/h4-8,10,15,23H,9,11H2,1-3H3,(H2,19,20,24)/t15-/m1/s1. The van der Waals surface area contributed by atoms with E-state index in [1.165, 1.54) is 12.1 Å². The van der Waals surface area contributed by atoms with Crippen molar-refractivity contribution in [2.75, 3.05) is 13.1 Å². The van der Waals surface area contributed by atoms with Crippen molar-refractivity contribution in [1.29, 1.82) is 0 Å². The molecule has 24 heavy (non-hydrogen) atoms. The number of hydrogen-bond donors (Lipinski definition) is 3. The van der Waals surface area contributed by atoms with Crippen LogP contribution in [0.15, 0.2) is 36.7 Å². The summed E-state index contributed by atoms with van der Waals surface area (Å²) in [6, 6.07) is 5.94. The van der Waals surface area contributed by atoms with E-state index in [0.717, 1.165) is 5.56 Å². The molecule has 0 aliphatic rings. The zero-order valence-corrected chi connectivity index (χ0v) is 14.1. The number of aryl methyl sites for hydroxylation is 1. The van der Waals surface area contributed by atoms with E-state index in [0.29, 0.717) is 12.1 Å². The van der Waals surface area contributed by atoms with Gasteiger partial charge in [-0.3, -0.25) is 4.68 Å². The minimum Gasteiger partial charge on any atom is -0.386 e. The number of nitrogens with one attached hydrogen (secondary N) is 2. The Hall–Kier alpha value is -2.41. The van der Waals surface area contributed by atoms with Crippen LogP contribution in [-0.4, -0.2) is 34.0 Å². The van der Waals surface area contributed by atoms with Crippen LogP contribution in [0.3, 0.4) is 0 Å². The average Bonchev–Trinajstić information content (AvgIpc) is 2.97. The highest BCUT2D eigenvalue weighted by Crippen LogP contribution is 2.22. The Morgan fingerprint density at radius 2 is 2.17 bits per heavy atom. The SMILES string of the molecule is Cn1cc([C@H](O)CNC(=O)NCC(C)(C)c2cccc(F)c2)cn1. The summed E-state index contributed by atoms with van der Waals surface area (Å²) in [5.74, 6) is -0.301. The molecule has 6 nitrogen and oxygen atoms in total. The molecule has 2 rings (SSSR count). The number of urea groups is 1. The summed E-state index contributed by atoms with van der Waals surface area (Å²) in [5.41, 5.74) is 1.03. The first kappa shape index (κ1) is 17.9. The van der Waals surface area contributed by atoms with E-state index in [2.05, 4.69) is 15.7 Å². The first-order valence-electron chi connectivity index (χ1n) is 7.72. The highest BCUT2D eigenvalue weighted by molar-refractivity contribution is 5.74. The Morgan fingerprint density at radius 1 is 1.42 bits per heavy atom. The van der Waals surface area contributed by atoms with E-state index in [1.807, 2.05) is 19.9 Å². The fourth-order valence-electron chi connectivity index (χ4n) is 2.29. The van der Waals surface area contributed by atoms with Crippen LogP contribution in [0, 0.1) is 5.82 Å². The zero-order chi connectivity index (χ0) is 17.7. The van der Waals surface area contributed by atoms with Crippen LogP contribution >= 0.6 is 0 Å². The number of rotatable bonds is 6. The van der Waals surface area contributed by atoms with Crippen molar-refractivity contribution in [3.05, 3.63) is 53.6 Å². The molecule has 3 N–H and O–H groups in total. The number of carbonyl (C=O) groups is 1. The summed E-state index contributed by atoms with van der Waals surface area (Å²) in [7, 11) is 1.75.